The van der Waals surface area contributed by atoms with E-state index in [0.29, 0.717) is 11.8 Å². The van der Waals surface area contributed by atoms with Gasteiger partial charge in [0.25, 0.3) is 0 Å². The molecule has 0 radical (unpaired) electrons. The second-order valence-electron chi connectivity index (χ2n) is 17.2. The smallest absolute Gasteiger partial charge is 0.143 e. The van der Waals surface area contributed by atoms with E-state index in [1.165, 1.54) is 141 Å². The maximum atomic E-state index is 6.97. The van der Waals surface area contributed by atoms with Gasteiger partial charge in [-0.05, 0) is 106 Å². The zero-order valence-electron chi connectivity index (χ0n) is 30.0. The van der Waals surface area contributed by atoms with Gasteiger partial charge in [-0.1, -0.05) is 115 Å². The summed E-state index contributed by atoms with van der Waals surface area (Å²) in [5.41, 5.74) is 18.0. The van der Waals surface area contributed by atoms with Crippen LogP contribution in [0.1, 0.15) is 137 Å². The van der Waals surface area contributed by atoms with Crippen molar-refractivity contribution in [3.63, 3.8) is 0 Å². The summed E-state index contributed by atoms with van der Waals surface area (Å²) in [4.78, 5) is 0. The lowest BCUT2D eigenvalue weighted by atomic mass is 9.77. The summed E-state index contributed by atoms with van der Waals surface area (Å²) >= 11 is 0. The van der Waals surface area contributed by atoms with Crippen molar-refractivity contribution in [2.75, 3.05) is 0 Å². The highest BCUT2D eigenvalue weighted by Gasteiger charge is 2.45. The number of benzene rings is 5. The highest BCUT2D eigenvalue weighted by molar-refractivity contribution is 6.16. The normalized spacial score (nSPS) is 19.8. The van der Waals surface area contributed by atoms with Crippen LogP contribution >= 0.6 is 0 Å². The molecule has 5 aromatic carbocycles. The molecule has 7 aromatic rings. The van der Waals surface area contributed by atoms with Crippen LogP contribution in [0.25, 0.3) is 66.1 Å². The minimum absolute atomic E-state index is 0.155. The largest absolute Gasteiger partial charge is 0.455 e. The average Bonchev–Trinajstić information content (AvgIpc) is 3.84. The molecule has 0 spiro atoms. The quantitative estimate of drug-likeness (QED) is 0.185. The van der Waals surface area contributed by atoms with Crippen molar-refractivity contribution in [3.8, 4) is 22.3 Å². The first kappa shape index (κ1) is 29.4. The molecule has 0 bridgehead atoms. The van der Waals surface area contributed by atoms with Crippen molar-refractivity contribution in [2.24, 2.45) is 0 Å². The summed E-state index contributed by atoms with van der Waals surface area (Å²) in [5.74, 6) is 1.18. The summed E-state index contributed by atoms with van der Waals surface area (Å²) in [6.07, 6.45) is 13.1. The van der Waals surface area contributed by atoms with Gasteiger partial charge in [0.1, 0.15) is 22.3 Å². The SMILES string of the molecule is CC1(C)c2cc3c(cc2-c2c1cc(C1CCCCC1)c1c2oc2ccccc21)C(C)(C)c1cc(C2CCCCC2)c2c(oc4ccccc42)c1-3. The van der Waals surface area contributed by atoms with Crippen LogP contribution < -0.4 is 0 Å². The number of hydrogen-bond acceptors (Lipinski definition) is 2. The number of furan rings is 2. The van der Waals surface area contributed by atoms with E-state index in [-0.39, 0.29) is 10.8 Å². The first-order chi connectivity index (χ1) is 24.3. The summed E-state index contributed by atoms with van der Waals surface area (Å²) in [6, 6.07) is 27.9. The molecular formula is C48H46O2. The highest BCUT2D eigenvalue weighted by atomic mass is 16.3. The third-order valence-electron chi connectivity index (χ3n) is 13.8. The maximum absolute atomic E-state index is 6.97. The lowest BCUT2D eigenvalue weighted by Gasteiger charge is -2.27. The standard InChI is InChI=1S/C48H46O2/c1-47(2)35-25-34-36(26-33(35)43-37(47)23-31(27-15-7-5-8-16-27)41-29-19-11-13-21-39(29)49-45(41)43)48(3,4)38-24-32(28-17-9-6-10-18-28)42-30-20-12-14-22-40(30)50-46(42)44(34)38/h11-14,19-28H,5-10,15-18H2,1-4H3. The molecule has 0 amide bonds. The Morgan fingerprint density at radius 2 is 0.880 bits per heavy atom. The van der Waals surface area contributed by atoms with E-state index in [0.717, 1.165) is 22.3 Å². The molecule has 0 saturated heterocycles. The van der Waals surface area contributed by atoms with Gasteiger partial charge in [-0.15, -0.1) is 0 Å². The maximum Gasteiger partial charge on any atom is 0.143 e. The predicted molar refractivity (Wildman–Crippen MR) is 208 cm³/mol. The van der Waals surface area contributed by atoms with Crippen LogP contribution in [0.3, 0.4) is 0 Å². The molecule has 0 aliphatic heterocycles. The minimum atomic E-state index is -0.155. The number of hydrogen-bond donors (Lipinski definition) is 0. The van der Waals surface area contributed by atoms with E-state index in [1.54, 1.807) is 0 Å². The molecule has 11 rings (SSSR count). The van der Waals surface area contributed by atoms with E-state index < -0.39 is 0 Å². The second-order valence-corrected chi connectivity index (χ2v) is 17.2. The third kappa shape index (κ3) is 3.75. The molecule has 250 valence electrons. The lowest BCUT2D eigenvalue weighted by Crippen LogP contribution is -2.17. The van der Waals surface area contributed by atoms with Crippen LogP contribution in [-0.2, 0) is 10.8 Å². The Kier molecular flexibility index (Phi) is 5.98. The zero-order valence-corrected chi connectivity index (χ0v) is 30.0. The van der Waals surface area contributed by atoms with Crippen LogP contribution in [0.2, 0.25) is 0 Å². The fourth-order valence-electron chi connectivity index (χ4n) is 11.2. The molecule has 4 aliphatic carbocycles. The van der Waals surface area contributed by atoms with Crippen molar-refractivity contribution >= 4 is 43.9 Å². The Balaban J connectivity index is 1.20. The van der Waals surface area contributed by atoms with E-state index in [1.807, 2.05) is 0 Å². The third-order valence-corrected chi connectivity index (χ3v) is 13.8. The van der Waals surface area contributed by atoms with Crippen molar-refractivity contribution in [2.45, 2.75) is 115 Å². The molecule has 2 heteroatoms. The molecule has 0 N–H and O–H groups in total. The Morgan fingerprint density at radius 1 is 0.480 bits per heavy atom. The Hall–Kier alpha value is -4.30. The molecule has 2 saturated carbocycles. The van der Waals surface area contributed by atoms with Crippen molar-refractivity contribution < 1.29 is 8.83 Å². The molecular weight excluding hydrogens is 609 g/mol. The zero-order chi connectivity index (χ0) is 33.5. The van der Waals surface area contributed by atoms with Crippen molar-refractivity contribution in [1.82, 2.24) is 0 Å². The van der Waals surface area contributed by atoms with Crippen molar-refractivity contribution in [3.05, 3.63) is 106 Å². The van der Waals surface area contributed by atoms with Crippen LogP contribution in [0.5, 0.6) is 0 Å². The summed E-state index contributed by atoms with van der Waals surface area (Å²) < 4.78 is 13.9. The first-order valence-electron chi connectivity index (χ1n) is 19.5. The fraction of sp³-hybridized carbons (Fsp3) is 0.375. The van der Waals surface area contributed by atoms with Gasteiger partial charge >= 0.3 is 0 Å². The Bertz CT molecular complexity index is 2380. The predicted octanol–water partition coefficient (Wildman–Crippen LogP) is 14.2. The number of rotatable bonds is 2. The van der Waals surface area contributed by atoms with E-state index in [9.17, 15) is 0 Å². The molecule has 2 aromatic heterocycles. The lowest BCUT2D eigenvalue weighted by molar-refractivity contribution is 0.445. The average molecular weight is 655 g/mol. The second kappa shape index (κ2) is 10.2. The molecule has 2 nitrogen and oxygen atoms in total. The van der Waals surface area contributed by atoms with E-state index in [4.69, 9.17) is 8.83 Å². The van der Waals surface area contributed by atoms with Gasteiger partial charge in [0.15, 0.2) is 0 Å². The number of fused-ring (bicyclic) bond motifs is 14. The molecule has 2 heterocycles. The van der Waals surface area contributed by atoms with Gasteiger partial charge < -0.3 is 8.83 Å². The number of para-hydroxylation sites is 2. The molecule has 4 aliphatic rings. The summed E-state index contributed by atoms with van der Waals surface area (Å²) in [7, 11) is 0. The Labute approximate surface area is 294 Å². The van der Waals surface area contributed by atoms with E-state index >= 15 is 0 Å². The van der Waals surface area contributed by atoms with Crippen LogP contribution in [0, 0.1) is 0 Å². The topological polar surface area (TPSA) is 26.3 Å². The van der Waals surface area contributed by atoms with Crippen LogP contribution in [-0.4, -0.2) is 0 Å². The van der Waals surface area contributed by atoms with Gasteiger partial charge in [0, 0.05) is 43.5 Å². The van der Waals surface area contributed by atoms with Gasteiger partial charge in [-0.3, -0.25) is 0 Å². The van der Waals surface area contributed by atoms with Crippen LogP contribution in [0.15, 0.2) is 81.6 Å². The fourth-order valence-corrected chi connectivity index (χ4v) is 11.2. The van der Waals surface area contributed by atoms with E-state index in [2.05, 4.69) is 100 Å². The van der Waals surface area contributed by atoms with Crippen molar-refractivity contribution in [1.29, 1.82) is 0 Å². The molecule has 2 fully saturated rings. The summed E-state index contributed by atoms with van der Waals surface area (Å²) in [5, 5.41) is 5.26. The monoisotopic (exact) mass is 654 g/mol. The highest BCUT2D eigenvalue weighted by Crippen LogP contribution is 2.61. The molecule has 50 heavy (non-hydrogen) atoms. The van der Waals surface area contributed by atoms with Crippen LogP contribution in [0.4, 0.5) is 0 Å². The summed E-state index contributed by atoms with van der Waals surface area (Å²) in [6.45, 7) is 9.81. The minimum Gasteiger partial charge on any atom is -0.455 e. The first-order valence-corrected chi connectivity index (χ1v) is 19.5. The van der Waals surface area contributed by atoms with Gasteiger partial charge in [-0.2, -0.15) is 0 Å². The Morgan fingerprint density at radius 3 is 1.30 bits per heavy atom. The molecule has 0 atom stereocenters. The molecule has 0 unspecified atom stereocenters. The van der Waals surface area contributed by atoms with Gasteiger partial charge in [0.05, 0.1) is 0 Å². The van der Waals surface area contributed by atoms with Gasteiger partial charge in [0.2, 0.25) is 0 Å². The van der Waals surface area contributed by atoms with Gasteiger partial charge in [-0.25, -0.2) is 0 Å².